The standard InChI is InChI=1S/C19H24FN/c1-2-3-4-5-6-15-7-9-16(10-8-15)17-11-12-18(14-21)19(20)13-17/h2,11-13,15-16H,1,3-10H2/t15-,16-. The lowest BCUT2D eigenvalue weighted by atomic mass is 9.77. The summed E-state index contributed by atoms with van der Waals surface area (Å²) in [5.41, 5.74) is 1.21. The van der Waals surface area contributed by atoms with Crippen LogP contribution < -0.4 is 0 Å². The molecule has 0 atom stereocenters. The van der Waals surface area contributed by atoms with Crippen LogP contribution in [0.25, 0.3) is 0 Å². The number of rotatable bonds is 6. The molecule has 0 unspecified atom stereocenters. The van der Waals surface area contributed by atoms with Gasteiger partial charge in [-0.05, 0) is 68.1 Å². The summed E-state index contributed by atoms with van der Waals surface area (Å²) in [6, 6.07) is 6.99. The van der Waals surface area contributed by atoms with Gasteiger partial charge in [0.05, 0.1) is 5.56 Å². The maximum Gasteiger partial charge on any atom is 0.141 e. The van der Waals surface area contributed by atoms with Crippen molar-refractivity contribution in [2.75, 3.05) is 0 Å². The van der Waals surface area contributed by atoms with E-state index in [9.17, 15) is 4.39 Å². The molecule has 0 aromatic heterocycles. The number of halogens is 1. The number of hydrogen-bond acceptors (Lipinski definition) is 1. The van der Waals surface area contributed by atoms with Crippen molar-refractivity contribution in [2.24, 2.45) is 5.92 Å². The Kier molecular flexibility index (Phi) is 5.99. The molecule has 0 spiro atoms. The monoisotopic (exact) mass is 285 g/mol. The number of nitrogens with zero attached hydrogens (tertiary/aromatic N) is 1. The van der Waals surface area contributed by atoms with Crippen molar-refractivity contribution < 1.29 is 4.39 Å². The highest BCUT2D eigenvalue weighted by Crippen LogP contribution is 2.38. The van der Waals surface area contributed by atoms with E-state index in [0.717, 1.165) is 30.7 Å². The van der Waals surface area contributed by atoms with Gasteiger partial charge in [-0.3, -0.25) is 0 Å². The van der Waals surface area contributed by atoms with Gasteiger partial charge in [-0.2, -0.15) is 5.26 Å². The van der Waals surface area contributed by atoms with E-state index in [0.29, 0.717) is 5.92 Å². The second kappa shape index (κ2) is 7.98. The predicted octanol–water partition coefficient (Wildman–Crippen LogP) is 5.72. The first-order valence-corrected chi connectivity index (χ1v) is 8.05. The molecule has 0 aliphatic heterocycles. The summed E-state index contributed by atoms with van der Waals surface area (Å²) in [4.78, 5) is 0. The van der Waals surface area contributed by atoms with Crippen molar-refractivity contribution in [3.8, 4) is 6.07 Å². The zero-order valence-corrected chi connectivity index (χ0v) is 12.7. The van der Waals surface area contributed by atoms with Gasteiger partial charge in [-0.1, -0.05) is 25.0 Å². The van der Waals surface area contributed by atoms with Crippen molar-refractivity contribution in [1.29, 1.82) is 5.26 Å². The Morgan fingerprint density at radius 2 is 2.00 bits per heavy atom. The quantitative estimate of drug-likeness (QED) is 0.484. The molecule has 1 aliphatic rings. The molecule has 0 amide bonds. The lowest BCUT2D eigenvalue weighted by Gasteiger charge is -2.29. The average Bonchev–Trinajstić information content (AvgIpc) is 2.52. The number of nitriles is 1. The summed E-state index contributed by atoms with van der Waals surface area (Å²) in [7, 11) is 0. The first-order valence-electron chi connectivity index (χ1n) is 8.05. The molecule has 2 rings (SSSR count). The predicted molar refractivity (Wildman–Crippen MR) is 84.5 cm³/mol. The third-order valence-electron chi connectivity index (χ3n) is 4.70. The number of allylic oxidation sites excluding steroid dienone is 1. The fourth-order valence-electron chi connectivity index (χ4n) is 3.38. The van der Waals surface area contributed by atoms with Crippen molar-refractivity contribution in [3.05, 3.63) is 47.8 Å². The van der Waals surface area contributed by atoms with E-state index < -0.39 is 0 Å². The highest BCUT2D eigenvalue weighted by atomic mass is 19.1. The summed E-state index contributed by atoms with van der Waals surface area (Å²) in [5, 5.41) is 8.78. The van der Waals surface area contributed by atoms with Crippen LogP contribution in [-0.4, -0.2) is 0 Å². The van der Waals surface area contributed by atoms with Crippen LogP contribution in [0.2, 0.25) is 0 Å². The van der Waals surface area contributed by atoms with Gasteiger partial charge in [0.2, 0.25) is 0 Å². The van der Waals surface area contributed by atoms with E-state index in [2.05, 4.69) is 6.58 Å². The van der Waals surface area contributed by atoms with E-state index in [4.69, 9.17) is 5.26 Å². The van der Waals surface area contributed by atoms with Crippen LogP contribution in [-0.2, 0) is 0 Å². The summed E-state index contributed by atoms with van der Waals surface area (Å²) < 4.78 is 13.7. The first-order chi connectivity index (χ1) is 10.2. The molecule has 1 aliphatic carbocycles. The van der Waals surface area contributed by atoms with Crippen LogP contribution in [0, 0.1) is 23.1 Å². The minimum Gasteiger partial charge on any atom is -0.206 e. The molecule has 0 heterocycles. The van der Waals surface area contributed by atoms with E-state index in [1.54, 1.807) is 12.1 Å². The Labute approximate surface area is 127 Å². The summed E-state index contributed by atoms with van der Waals surface area (Å²) >= 11 is 0. The third kappa shape index (κ3) is 4.43. The normalized spacial score (nSPS) is 21.7. The highest BCUT2D eigenvalue weighted by Gasteiger charge is 2.22. The van der Waals surface area contributed by atoms with E-state index in [-0.39, 0.29) is 11.4 Å². The van der Waals surface area contributed by atoms with Gasteiger partial charge in [-0.15, -0.1) is 6.58 Å². The molecule has 0 saturated heterocycles. The Hall–Kier alpha value is -1.62. The van der Waals surface area contributed by atoms with Gasteiger partial charge in [0.15, 0.2) is 0 Å². The smallest absolute Gasteiger partial charge is 0.141 e. The molecule has 1 saturated carbocycles. The Morgan fingerprint density at radius 1 is 1.24 bits per heavy atom. The summed E-state index contributed by atoms with van der Waals surface area (Å²) in [5.74, 6) is 0.938. The SMILES string of the molecule is C=CCCCC[C@H]1CC[C@H](c2ccc(C#N)c(F)c2)CC1. The van der Waals surface area contributed by atoms with Crippen LogP contribution in [0.1, 0.15) is 68.4 Å². The maximum atomic E-state index is 13.7. The maximum absolute atomic E-state index is 13.7. The van der Waals surface area contributed by atoms with Gasteiger partial charge in [0.1, 0.15) is 11.9 Å². The number of unbranched alkanes of at least 4 members (excludes halogenated alkanes) is 2. The van der Waals surface area contributed by atoms with Crippen LogP contribution in [0.3, 0.4) is 0 Å². The zero-order chi connectivity index (χ0) is 15.1. The molecule has 112 valence electrons. The molecule has 0 radical (unpaired) electrons. The largest absolute Gasteiger partial charge is 0.206 e. The van der Waals surface area contributed by atoms with Gasteiger partial charge < -0.3 is 0 Å². The molecule has 1 aromatic carbocycles. The molecule has 0 N–H and O–H groups in total. The lowest BCUT2D eigenvalue weighted by molar-refractivity contribution is 0.303. The molecule has 0 bridgehead atoms. The molecule has 1 aromatic rings. The fourth-order valence-corrected chi connectivity index (χ4v) is 3.38. The van der Waals surface area contributed by atoms with Crippen molar-refractivity contribution in [3.63, 3.8) is 0 Å². The molecular formula is C19H24FN. The van der Waals surface area contributed by atoms with Gasteiger partial charge in [0, 0.05) is 0 Å². The summed E-state index contributed by atoms with van der Waals surface area (Å²) in [6.07, 6.45) is 11.8. The average molecular weight is 285 g/mol. The molecule has 2 heteroatoms. The second-order valence-electron chi connectivity index (χ2n) is 6.14. The molecule has 1 nitrogen and oxygen atoms in total. The van der Waals surface area contributed by atoms with Crippen molar-refractivity contribution in [1.82, 2.24) is 0 Å². The van der Waals surface area contributed by atoms with Gasteiger partial charge in [0.25, 0.3) is 0 Å². The van der Waals surface area contributed by atoms with E-state index in [1.807, 2.05) is 18.2 Å². The van der Waals surface area contributed by atoms with Crippen molar-refractivity contribution >= 4 is 0 Å². The topological polar surface area (TPSA) is 23.8 Å². The van der Waals surface area contributed by atoms with Gasteiger partial charge >= 0.3 is 0 Å². The summed E-state index contributed by atoms with van der Waals surface area (Å²) in [6.45, 7) is 3.76. The van der Waals surface area contributed by atoms with E-state index in [1.165, 1.54) is 32.1 Å². The fraction of sp³-hybridized carbons (Fsp3) is 0.526. The Morgan fingerprint density at radius 3 is 2.62 bits per heavy atom. The molecule has 1 fully saturated rings. The highest BCUT2D eigenvalue weighted by molar-refractivity contribution is 5.34. The Balaban J connectivity index is 1.82. The zero-order valence-electron chi connectivity index (χ0n) is 12.7. The van der Waals surface area contributed by atoms with Crippen molar-refractivity contribution in [2.45, 2.75) is 57.3 Å². The second-order valence-corrected chi connectivity index (χ2v) is 6.14. The first kappa shape index (κ1) is 15.8. The van der Waals surface area contributed by atoms with Crippen LogP contribution >= 0.6 is 0 Å². The molecular weight excluding hydrogens is 261 g/mol. The minimum atomic E-state index is -0.374. The number of benzene rings is 1. The van der Waals surface area contributed by atoms with Crippen LogP contribution in [0.4, 0.5) is 4.39 Å². The lowest BCUT2D eigenvalue weighted by Crippen LogP contribution is -2.13. The minimum absolute atomic E-state index is 0.148. The molecule has 21 heavy (non-hydrogen) atoms. The van der Waals surface area contributed by atoms with Crippen LogP contribution in [0.5, 0.6) is 0 Å². The number of hydrogen-bond donors (Lipinski definition) is 0. The van der Waals surface area contributed by atoms with Gasteiger partial charge in [-0.25, -0.2) is 4.39 Å². The van der Waals surface area contributed by atoms with Crippen LogP contribution in [0.15, 0.2) is 30.9 Å². The van der Waals surface area contributed by atoms with E-state index >= 15 is 0 Å². The Bertz CT molecular complexity index is 507. The third-order valence-corrected chi connectivity index (χ3v) is 4.70.